The van der Waals surface area contributed by atoms with Gasteiger partial charge in [-0.15, -0.1) is 0 Å². The van der Waals surface area contributed by atoms with Gasteiger partial charge in [0.15, 0.2) is 0 Å². The number of rotatable bonds is 6. The maximum atomic E-state index is 12.4. The number of nitrogens with one attached hydrogen (secondary N) is 2. The maximum Gasteiger partial charge on any atom is 0.269 e. The van der Waals surface area contributed by atoms with Gasteiger partial charge < -0.3 is 10.6 Å². The molecule has 0 aliphatic carbocycles. The van der Waals surface area contributed by atoms with Crippen LogP contribution in [0.4, 0.5) is 5.69 Å². The molecule has 0 aliphatic rings. The molecule has 1 aromatic carbocycles. The van der Waals surface area contributed by atoms with E-state index in [1.54, 1.807) is 6.07 Å². The summed E-state index contributed by atoms with van der Waals surface area (Å²) in [6.45, 7) is 8.81. The highest BCUT2D eigenvalue weighted by atomic mass is 16.2. The van der Waals surface area contributed by atoms with Gasteiger partial charge in [-0.2, -0.15) is 0 Å². The molecule has 0 saturated heterocycles. The van der Waals surface area contributed by atoms with Gasteiger partial charge in [-0.1, -0.05) is 19.9 Å². The third-order valence-electron chi connectivity index (χ3n) is 4.03. The Morgan fingerprint density at radius 3 is 2.48 bits per heavy atom. The van der Waals surface area contributed by atoms with Gasteiger partial charge in [0.05, 0.1) is 0 Å². The average molecular weight is 339 g/mol. The lowest BCUT2D eigenvalue weighted by molar-refractivity contribution is 0.0947. The van der Waals surface area contributed by atoms with Gasteiger partial charge in [0.25, 0.3) is 11.8 Å². The van der Waals surface area contributed by atoms with Crippen LogP contribution in [0.1, 0.15) is 52.2 Å². The lowest BCUT2D eigenvalue weighted by Gasteiger charge is -2.09. The molecular weight excluding hydrogens is 314 g/mol. The van der Waals surface area contributed by atoms with Crippen molar-refractivity contribution < 1.29 is 9.59 Å². The molecule has 25 heavy (non-hydrogen) atoms. The van der Waals surface area contributed by atoms with Gasteiger partial charge >= 0.3 is 0 Å². The van der Waals surface area contributed by atoms with Crippen LogP contribution in [0.3, 0.4) is 0 Å². The molecule has 2 rings (SSSR count). The molecule has 0 spiro atoms. The van der Waals surface area contributed by atoms with Gasteiger partial charge in [-0.05, 0) is 61.6 Å². The molecule has 0 bridgehead atoms. The standard InChI is InChI=1S/C20H25N3O2/c1-13(2)7-9-22-20(25)18-12-16(8-10-21-18)19(24)23-17-6-5-14(3)15(4)11-17/h5-6,8,10-13H,7,9H2,1-4H3,(H,22,25)(H,23,24). The van der Waals surface area contributed by atoms with Crippen LogP contribution in [0.2, 0.25) is 0 Å². The molecular formula is C20H25N3O2. The second kappa shape index (κ2) is 8.42. The molecule has 0 unspecified atom stereocenters. The van der Waals surface area contributed by atoms with Crippen LogP contribution in [0.25, 0.3) is 0 Å². The van der Waals surface area contributed by atoms with Crippen LogP contribution >= 0.6 is 0 Å². The number of aryl methyl sites for hydroxylation is 2. The number of hydrogen-bond acceptors (Lipinski definition) is 3. The van der Waals surface area contributed by atoms with E-state index in [1.165, 1.54) is 17.8 Å². The summed E-state index contributed by atoms with van der Waals surface area (Å²) < 4.78 is 0. The van der Waals surface area contributed by atoms with Crippen molar-refractivity contribution in [3.63, 3.8) is 0 Å². The molecule has 1 heterocycles. The van der Waals surface area contributed by atoms with Crippen molar-refractivity contribution in [2.45, 2.75) is 34.1 Å². The Kier molecular flexibility index (Phi) is 6.28. The first-order valence-electron chi connectivity index (χ1n) is 8.49. The van der Waals surface area contributed by atoms with Crippen molar-refractivity contribution in [2.24, 2.45) is 5.92 Å². The zero-order chi connectivity index (χ0) is 18.4. The van der Waals surface area contributed by atoms with Crippen LogP contribution in [0.5, 0.6) is 0 Å². The topological polar surface area (TPSA) is 71.1 Å². The summed E-state index contributed by atoms with van der Waals surface area (Å²) in [5.74, 6) is -0.00768. The van der Waals surface area contributed by atoms with Crippen LogP contribution in [-0.4, -0.2) is 23.3 Å². The fourth-order valence-corrected chi connectivity index (χ4v) is 2.28. The molecule has 0 atom stereocenters. The van der Waals surface area contributed by atoms with E-state index in [0.29, 0.717) is 18.0 Å². The molecule has 0 radical (unpaired) electrons. The Morgan fingerprint density at radius 2 is 1.80 bits per heavy atom. The molecule has 5 nitrogen and oxygen atoms in total. The van der Waals surface area contributed by atoms with E-state index in [1.807, 2.05) is 32.0 Å². The SMILES string of the molecule is Cc1ccc(NC(=O)c2ccnc(C(=O)NCCC(C)C)c2)cc1C. The quantitative estimate of drug-likeness (QED) is 0.842. The maximum absolute atomic E-state index is 12.4. The lowest BCUT2D eigenvalue weighted by atomic mass is 10.1. The Hall–Kier alpha value is -2.69. The van der Waals surface area contributed by atoms with Crippen LogP contribution < -0.4 is 10.6 Å². The molecule has 0 aliphatic heterocycles. The molecule has 132 valence electrons. The molecule has 5 heteroatoms. The highest BCUT2D eigenvalue weighted by Gasteiger charge is 2.12. The summed E-state index contributed by atoms with van der Waals surface area (Å²) >= 11 is 0. The van der Waals surface area contributed by atoms with Crippen molar-refractivity contribution in [1.82, 2.24) is 10.3 Å². The molecule has 0 fully saturated rings. The van der Waals surface area contributed by atoms with Crippen molar-refractivity contribution >= 4 is 17.5 Å². The van der Waals surface area contributed by atoms with E-state index in [2.05, 4.69) is 29.5 Å². The predicted octanol–water partition coefficient (Wildman–Crippen LogP) is 3.73. The number of pyridine rings is 1. The Labute approximate surface area is 148 Å². The van der Waals surface area contributed by atoms with Gasteiger partial charge in [-0.3, -0.25) is 14.6 Å². The third-order valence-corrected chi connectivity index (χ3v) is 4.03. The number of carbonyl (C=O) groups is 2. The summed E-state index contributed by atoms with van der Waals surface area (Å²) in [6.07, 6.45) is 2.38. The number of benzene rings is 1. The Morgan fingerprint density at radius 1 is 1.04 bits per heavy atom. The third kappa shape index (κ3) is 5.41. The van der Waals surface area contributed by atoms with E-state index in [9.17, 15) is 9.59 Å². The highest BCUT2D eigenvalue weighted by Crippen LogP contribution is 2.15. The minimum absolute atomic E-state index is 0.247. The second-order valence-electron chi connectivity index (χ2n) is 6.62. The largest absolute Gasteiger partial charge is 0.351 e. The molecule has 2 aromatic rings. The molecule has 1 aromatic heterocycles. The summed E-state index contributed by atoms with van der Waals surface area (Å²) in [6, 6.07) is 8.86. The van der Waals surface area contributed by atoms with Gasteiger partial charge in [0.2, 0.25) is 0 Å². The highest BCUT2D eigenvalue weighted by molar-refractivity contribution is 6.05. The Balaban J connectivity index is 2.05. The van der Waals surface area contributed by atoms with Crippen molar-refractivity contribution in [1.29, 1.82) is 0 Å². The summed E-state index contributed by atoms with van der Waals surface area (Å²) in [7, 11) is 0. The number of amides is 2. The monoisotopic (exact) mass is 339 g/mol. The first-order valence-corrected chi connectivity index (χ1v) is 8.49. The van der Waals surface area contributed by atoms with E-state index >= 15 is 0 Å². The van der Waals surface area contributed by atoms with Gasteiger partial charge in [0.1, 0.15) is 5.69 Å². The number of hydrogen-bond donors (Lipinski definition) is 2. The van der Waals surface area contributed by atoms with Crippen LogP contribution in [-0.2, 0) is 0 Å². The summed E-state index contributed by atoms with van der Waals surface area (Å²) in [5, 5.41) is 5.68. The Bertz CT molecular complexity index is 769. The fraction of sp³-hybridized carbons (Fsp3) is 0.350. The first-order chi connectivity index (χ1) is 11.9. The van der Waals surface area contributed by atoms with E-state index in [0.717, 1.165) is 17.7 Å². The van der Waals surface area contributed by atoms with E-state index in [4.69, 9.17) is 0 Å². The predicted molar refractivity (Wildman–Crippen MR) is 99.9 cm³/mol. The zero-order valence-corrected chi connectivity index (χ0v) is 15.2. The van der Waals surface area contributed by atoms with Gasteiger partial charge in [-0.25, -0.2) is 0 Å². The molecule has 2 amide bonds. The van der Waals surface area contributed by atoms with E-state index in [-0.39, 0.29) is 17.5 Å². The number of anilines is 1. The molecule has 2 N–H and O–H groups in total. The minimum Gasteiger partial charge on any atom is -0.351 e. The lowest BCUT2D eigenvalue weighted by Crippen LogP contribution is -2.26. The zero-order valence-electron chi connectivity index (χ0n) is 15.2. The molecule has 0 saturated carbocycles. The van der Waals surface area contributed by atoms with Crippen molar-refractivity contribution in [3.05, 3.63) is 58.9 Å². The first kappa shape index (κ1) is 18.6. The van der Waals surface area contributed by atoms with E-state index < -0.39 is 0 Å². The van der Waals surface area contributed by atoms with Gasteiger partial charge in [0, 0.05) is 24.0 Å². The van der Waals surface area contributed by atoms with Crippen LogP contribution in [0, 0.1) is 19.8 Å². The second-order valence-corrected chi connectivity index (χ2v) is 6.62. The minimum atomic E-state index is -0.263. The fourth-order valence-electron chi connectivity index (χ4n) is 2.28. The normalized spacial score (nSPS) is 10.6. The number of carbonyl (C=O) groups excluding carboxylic acids is 2. The number of nitrogens with zero attached hydrogens (tertiary/aromatic N) is 1. The van der Waals surface area contributed by atoms with Crippen LogP contribution in [0.15, 0.2) is 36.5 Å². The van der Waals surface area contributed by atoms with Crippen molar-refractivity contribution in [2.75, 3.05) is 11.9 Å². The average Bonchev–Trinajstić information content (AvgIpc) is 2.58. The number of aromatic nitrogens is 1. The summed E-state index contributed by atoms with van der Waals surface area (Å²) in [4.78, 5) is 28.6. The van der Waals surface area contributed by atoms with Crippen molar-refractivity contribution in [3.8, 4) is 0 Å². The summed E-state index contributed by atoms with van der Waals surface area (Å²) in [5.41, 5.74) is 3.66. The smallest absolute Gasteiger partial charge is 0.269 e.